The van der Waals surface area contributed by atoms with Gasteiger partial charge in [-0.05, 0) is 94.9 Å². The van der Waals surface area contributed by atoms with Crippen molar-refractivity contribution in [3.05, 3.63) is 33.9 Å². The Hall–Kier alpha value is -4.43. The van der Waals surface area contributed by atoms with E-state index in [-0.39, 0.29) is 67.2 Å². The second-order valence-electron chi connectivity index (χ2n) is 22.8. The third kappa shape index (κ3) is 13.2. The minimum atomic E-state index is -1.52. The van der Waals surface area contributed by atoms with Crippen molar-refractivity contribution in [2.45, 2.75) is 193 Å². The molecule has 0 bridgehead atoms. The average Bonchev–Trinajstić information content (AvgIpc) is 3.78. The number of esters is 1. The second-order valence-corrected chi connectivity index (χ2v) is 22.8. The molecule has 0 amide bonds. The van der Waals surface area contributed by atoms with E-state index >= 15 is 4.39 Å². The van der Waals surface area contributed by atoms with Crippen LogP contribution >= 0.6 is 0 Å². The number of carbonyl (C=O) groups is 4. The predicted octanol–water partition coefficient (Wildman–Crippen LogP) is 5.26. The number of likely N-dealkylation sites (N-methyl/N-ethyl adjacent to an activating group) is 2. The van der Waals surface area contributed by atoms with Crippen LogP contribution in [0, 0.1) is 29.5 Å². The molecular weight excluding hydrogens is 1020 g/mol. The molecule has 4 fully saturated rings. The number of cyclic esters (lactones) is 1. The normalized spacial score (nSPS) is 37.2. The largest absolute Gasteiger partial charge is 0.509 e. The van der Waals surface area contributed by atoms with Crippen LogP contribution in [-0.4, -0.2) is 199 Å². The molecule has 0 unspecified atom stereocenters. The Bertz CT molecular complexity index is 2500. The average molecular weight is 1110 g/mol. The summed E-state index contributed by atoms with van der Waals surface area (Å²) in [5, 5.41) is 24.2. The summed E-state index contributed by atoms with van der Waals surface area (Å²) in [4.78, 5) is 75.0. The van der Waals surface area contributed by atoms with Crippen molar-refractivity contribution in [2.75, 3.05) is 66.9 Å². The highest BCUT2D eigenvalue weighted by Gasteiger charge is 2.60. The summed E-state index contributed by atoms with van der Waals surface area (Å²) in [5.41, 5.74) is -4.94. The van der Waals surface area contributed by atoms with Crippen molar-refractivity contribution in [1.29, 1.82) is 0 Å². The fraction of sp³-hybridized carbons (Fsp3) is 0.782. The SMILES string of the molecule is CC[C@H]1OC(=O)[C@H](C)[C@@H](O[C@H]2C[C@@](C)(OC)[C@@H](OCCN(C)CCNc3nc4c(cc3F)c(=O)c(C(=O)O)cn4CC)[C@H](C)O2)[C@H](C)[C@@H](O[C@H]2O[C@@H](C)C[C@@H](N(C)C)[C@@H]2O)[C@](C)(OC)C[C@@H](C)C(=O)[C@H](C)[C@H]2OC(=O)O[C@@]21C. The number of aryl methyl sites for hydroxylation is 1. The van der Waals surface area contributed by atoms with Crippen molar-refractivity contribution in [1.82, 2.24) is 19.4 Å². The number of ketones is 1. The fourth-order valence-electron chi connectivity index (χ4n) is 12.1. The van der Waals surface area contributed by atoms with Gasteiger partial charge < -0.3 is 77.3 Å². The first-order valence-corrected chi connectivity index (χ1v) is 27.3. The van der Waals surface area contributed by atoms with Crippen molar-refractivity contribution in [3.63, 3.8) is 0 Å². The number of aliphatic hydroxyl groups is 1. The number of ether oxygens (including phenoxy) is 10. The first-order chi connectivity index (χ1) is 36.6. The number of nitrogens with one attached hydrogen (secondary N) is 1. The number of pyridine rings is 2. The van der Waals surface area contributed by atoms with Gasteiger partial charge in [-0.15, -0.1) is 0 Å². The zero-order valence-electron chi connectivity index (χ0n) is 48.4. The third-order valence-corrected chi connectivity index (χ3v) is 16.8. The lowest BCUT2D eigenvalue weighted by Crippen LogP contribution is -2.61. The van der Waals surface area contributed by atoms with E-state index in [1.807, 2.05) is 65.6 Å². The number of hydrogen-bond acceptors (Lipinski definition) is 20. The van der Waals surface area contributed by atoms with Gasteiger partial charge in [-0.1, -0.05) is 27.7 Å². The van der Waals surface area contributed by atoms with E-state index in [0.29, 0.717) is 26.1 Å². The summed E-state index contributed by atoms with van der Waals surface area (Å²) in [6.07, 6.45) is -7.75. The zero-order chi connectivity index (χ0) is 57.9. The molecule has 0 spiro atoms. The van der Waals surface area contributed by atoms with E-state index in [0.717, 1.165) is 6.07 Å². The number of carboxylic acids is 1. The van der Waals surface area contributed by atoms with E-state index in [2.05, 4.69) is 10.3 Å². The molecule has 2 aromatic rings. The van der Waals surface area contributed by atoms with Gasteiger partial charge in [-0.25, -0.2) is 19.0 Å². The Kier molecular flexibility index (Phi) is 20.6. The van der Waals surface area contributed by atoms with E-state index in [1.165, 1.54) is 17.9 Å². The molecule has 0 aliphatic carbocycles. The highest BCUT2D eigenvalue weighted by Crippen LogP contribution is 2.44. The number of hydrogen-bond donors (Lipinski definition) is 3. The highest BCUT2D eigenvalue weighted by molar-refractivity contribution is 5.92. The first kappa shape index (κ1) is 62.8. The number of fused-ring (bicyclic) bond motifs is 2. The van der Waals surface area contributed by atoms with Gasteiger partial charge in [0.25, 0.3) is 0 Å². The second kappa shape index (κ2) is 25.6. The highest BCUT2D eigenvalue weighted by atomic mass is 19.1. The van der Waals surface area contributed by atoms with Crippen LogP contribution < -0.4 is 10.7 Å². The molecule has 6 rings (SSSR count). The third-order valence-electron chi connectivity index (χ3n) is 16.8. The van der Waals surface area contributed by atoms with Gasteiger partial charge in [0, 0.05) is 70.9 Å². The van der Waals surface area contributed by atoms with Crippen molar-refractivity contribution in [2.24, 2.45) is 23.7 Å². The van der Waals surface area contributed by atoms with Crippen LogP contribution in [0.15, 0.2) is 17.1 Å². The number of rotatable bonds is 18. The number of carbonyl (C=O) groups excluding carboxylic acids is 3. The number of halogens is 1. The summed E-state index contributed by atoms with van der Waals surface area (Å²) >= 11 is 0. The fourth-order valence-corrected chi connectivity index (χ4v) is 12.1. The number of aromatic nitrogens is 2. The molecule has 3 N–H and O–H groups in total. The molecule has 0 saturated carbocycles. The summed E-state index contributed by atoms with van der Waals surface area (Å²) in [7, 11) is 8.72. The maximum atomic E-state index is 15.3. The minimum absolute atomic E-state index is 0.0778. The van der Waals surface area contributed by atoms with Gasteiger partial charge >= 0.3 is 18.1 Å². The maximum Gasteiger partial charge on any atom is 0.509 e. The topological polar surface area (TPSA) is 254 Å². The molecule has 0 radical (unpaired) electrons. The predicted molar refractivity (Wildman–Crippen MR) is 282 cm³/mol. The molecule has 22 nitrogen and oxygen atoms in total. The summed E-state index contributed by atoms with van der Waals surface area (Å²) < 4.78 is 80.7. The Morgan fingerprint density at radius 2 is 1.59 bits per heavy atom. The Morgan fingerprint density at radius 3 is 2.21 bits per heavy atom. The van der Waals surface area contributed by atoms with E-state index in [9.17, 15) is 34.2 Å². The number of carboxylic acid groups (broad SMARTS) is 1. The molecule has 4 saturated heterocycles. The number of anilines is 1. The smallest absolute Gasteiger partial charge is 0.477 e. The van der Waals surface area contributed by atoms with Crippen LogP contribution in [0.5, 0.6) is 0 Å². The molecule has 18 atom stereocenters. The van der Waals surface area contributed by atoms with E-state index in [1.54, 1.807) is 48.7 Å². The molecule has 4 aliphatic rings. The van der Waals surface area contributed by atoms with Crippen molar-refractivity contribution >= 4 is 40.7 Å². The molecule has 4 aliphatic heterocycles. The number of aliphatic hydroxyl groups excluding tert-OH is 1. The monoisotopic (exact) mass is 1110 g/mol. The molecule has 2 aromatic heterocycles. The van der Waals surface area contributed by atoms with Crippen molar-refractivity contribution < 1.29 is 81.2 Å². The van der Waals surface area contributed by atoms with Crippen LogP contribution in [0.4, 0.5) is 15.0 Å². The van der Waals surface area contributed by atoms with Gasteiger partial charge in [0.1, 0.15) is 35.3 Å². The van der Waals surface area contributed by atoms with Gasteiger partial charge in [0.15, 0.2) is 35.9 Å². The van der Waals surface area contributed by atoms with Crippen LogP contribution in [0.3, 0.4) is 0 Å². The Balaban J connectivity index is 1.23. The first-order valence-electron chi connectivity index (χ1n) is 27.3. The van der Waals surface area contributed by atoms with Gasteiger partial charge in [-0.3, -0.25) is 14.4 Å². The Labute approximate surface area is 457 Å². The molecule has 440 valence electrons. The Morgan fingerprint density at radius 1 is 0.923 bits per heavy atom. The van der Waals surface area contributed by atoms with Crippen LogP contribution in [-0.2, 0) is 63.5 Å². The summed E-state index contributed by atoms with van der Waals surface area (Å²) in [6.45, 7) is 21.3. The van der Waals surface area contributed by atoms with Gasteiger partial charge in [-0.2, -0.15) is 0 Å². The summed E-state index contributed by atoms with van der Waals surface area (Å²) in [5.74, 6) is -6.59. The number of nitrogens with zero attached hydrogens (tertiary/aromatic N) is 4. The van der Waals surface area contributed by atoms with Gasteiger partial charge in [0.05, 0.1) is 59.4 Å². The van der Waals surface area contributed by atoms with Crippen LogP contribution in [0.25, 0.3) is 11.0 Å². The standard InChI is InChI=1S/C55H86FN5O17/c1-17-38-55(11)45(77-52(68)78-55)30(5)40(62)28(3)25-53(9,69-15)44(76-51-42(64)37(59(12)13)23-29(4)72-51)31(6)43(32(7)50(67)74-38)75-39-26-54(10,70-16)46(33(8)73-39)71-22-21-60(14)20-19-57-47-36(56)24-34-41(63)35(49(65)66)27-61(18-2)48(34)58-47/h24,27-33,37-39,42-46,51,64H,17-23,25-26H2,1-16H3,(H,57,58)(H,65,66)/t28-,29+,30+,31+,32-,33+,37-,38-,39+,42+,43+,44-,45-,46+,51-,53-,54-,55-/m1/s1. The quantitative estimate of drug-likeness (QED) is 0.161. The minimum Gasteiger partial charge on any atom is -0.477 e. The molecule has 6 heterocycles. The molecule has 78 heavy (non-hydrogen) atoms. The summed E-state index contributed by atoms with van der Waals surface area (Å²) in [6, 6.07) is 0.680. The number of aromatic carboxylic acids is 1. The lowest BCUT2D eigenvalue weighted by Gasteiger charge is -2.50. The van der Waals surface area contributed by atoms with Crippen molar-refractivity contribution in [3.8, 4) is 0 Å². The number of methoxy groups -OCH3 is 2. The lowest BCUT2D eigenvalue weighted by atomic mass is 9.74. The van der Waals surface area contributed by atoms with E-state index < -0.39 is 131 Å². The molecule has 23 heteroatoms. The molecule has 0 aromatic carbocycles. The lowest BCUT2D eigenvalue weighted by molar-refractivity contribution is -0.322. The molecular formula is C55H86FN5O17. The van der Waals surface area contributed by atoms with Gasteiger partial charge in [0.2, 0.25) is 5.43 Å². The number of Topliss-reactive ketones (excluding diaryl/α,β-unsaturated/α-hetero) is 1. The maximum absolute atomic E-state index is 15.3. The van der Waals surface area contributed by atoms with E-state index in [4.69, 9.17) is 47.4 Å². The van der Waals surface area contributed by atoms with Crippen LogP contribution in [0.1, 0.15) is 112 Å². The zero-order valence-corrected chi connectivity index (χ0v) is 48.4. The van der Waals surface area contributed by atoms with Crippen LogP contribution in [0.2, 0.25) is 0 Å².